The van der Waals surface area contributed by atoms with Crippen LogP contribution >= 0.6 is 11.6 Å². The van der Waals surface area contributed by atoms with E-state index in [1.165, 1.54) is 0 Å². The second kappa shape index (κ2) is 6.21. The molecule has 1 aromatic rings. The lowest BCUT2D eigenvalue weighted by Gasteiger charge is -2.37. The molecule has 1 amide bonds. The molecule has 6 heteroatoms. The molecule has 1 saturated carbocycles. The normalized spacial score (nSPS) is 14.9. The quantitative estimate of drug-likeness (QED) is 0.808. The summed E-state index contributed by atoms with van der Waals surface area (Å²) < 4.78 is 0. The molecule has 2 N–H and O–H groups in total. The minimum Gasteiger partial charge on any atom is -0.395 e. The van der Waals surface area contributed by atoms with Crippen LogP contribution in [-0.2, 0) is 0 Å². The number of anilines is 1. The van der Waals surface area contributed by atoms with E-state index in [-0.39, 0.29) is 23.7 Å². The molecule has 0 radical (unpaired) electrons. The van der Waals surface area contributed by atoms with E-state index in [9.17, 15) is 4.79 Å². The van der Waals surface area contributed by atoms with Crippen molar-refractivity contribution in [3.63, 3.8) is 0 Å². The van der Waals surface area contributed by atoms with Crippen LogP contribution in [0.5, 0.6) is 0 Å². The highest BCUT2D eigenvalue weighted by Gasteiger charge is 2.29. The van der Waals surface area contributed by atoms with Gasteiger partial charge in [-0.05, 0) is 31.4 Å². The Labute approximate surface area is 117 Å². The van der Waals surface area contributed by atoms with E-state index in [1.807, 2.05) is 0 Å². The lowest BCUT2D eigenvalue weighted by molar-refractivity contribution is 0.0526. The van der Waals surface area contributed by atoms with E-state index in [4.69, 9.17) is 16.7 Å². The first-order valence-corrected chi connectivity index (χ1v) is 6.80. The van der Waals surface area contributed by atoms with E-state index < -0.39 is 0 Å². The van der Waals surface area contributed by atoms with Crippen LogP contribution in [0.1, 0.15) is 29.6 Å². The van der Waals surface area contributed by atoms with Gasteiger partial charge in [-0.3, -0.25) is 4.79 Å². The lowest BCUT2D eigenvalue weighted by atomic mass is 9.91. The van der Waals surface area contributed by atoms with Gasteiger partial charge in [0.15, 0.2) is 0 Å². The predicted octanol–water partition coefficient (Wildman–Crippen LogP) is 1.76. The average Bonchev–Trinajstić information content (AvgIpc) is 2.34. The SMILES string of the molecule is CNc1cc(C(=O)N(CCO)C2CCC2)cc(Cl)n1. The van der Waals surface area contributed by atoms with Crippen molar-refractivity contribution in [1.82, 2.24) is 9.88 Å². The highest BCUT2D eigenvalue weighted by atomic mass is 35.5. The van der Waals surface area contributed by atoms with E-state index in [0.29, 0.717) is 17.9 Å². The van der Waals surface area contributed by atoms with Gasteiger partial charge in [0.05, 0.1) is 6.61 Å². The fourth-order valence-electron chi connectivity index (χ4n) is 2.17. The van der Waals surface area contributed by atoms with Crippen molar-refractivity contribution in [1.29, 1.82) is 0 Å². The third-order valence-electron chi connectivity index (χ3n) is 3.41. The van der Waals surface area contributed by atoms with E-state index in [0.717, 1.165) is 19.3 Å². The van der Waals surface area contributed by atoms with E-state index in [1.54, 1.807) is 24.1 Å². The van der Waals surface area contributed by atoms with Crippen molar-refractivity contribution in [2.45, 2.75) is 25.3 Å². The summed E-state index contributed by atoms with van der Waals surface area (Å²) in [5.74, 6) is 0.466. The summed E-state index contributed by atoms with van der Waals surface area (Å²) in [6.45, 7) is 0.332. The summed E-state index contributed by atoms with van der Waals surface area (Å²) in [7, 11) is 1.73. The third-order valence-corrected chi connectivity index (χ3v) is 3.61. The highest BCUT2D eigenvalue weighted by Crippen LogP contribution is 2.26. The van der Waals surface area contributed by atoms with Gasteiger partial charge < -0.3 is 15.3 Å². The Bertz CT molecular complexity index is 463. The Kier molecular flexibility index (Phi) is 4.61. The number of aliphatic hydroxyl groups excluding tert-OH is 1. The number of halogens is 1. The Morgan fingerprint density at radius 2 is 2.32 bits per heavy atom. The zero-order valence-corrected chi connectivity index (χ0v) is 11.7. The van der Waals surface area contributed by atoms with Gasteiger partial charge in [-0.25, -0.2) is 4.98 Å². The van der Waals surface area contributed by atoms with E-state index >= 15 is 0 Å². The fourth-order valence-corrected chi connectivity index (χ4v) is 2.38. The molecule has 0 aliphatic heterocycles. The van der Waals surface area contributed by atoms with Crippen LogP contribution < -0.4 is 5.32 Å². The number of rotatable bonds is 5. The molecule has 0 aromatic carbocycles. The van der Waals surface area contributed by atoms with Gasteiger partial charge >= 0.3 is 0 Å². The van der Waals surface area contributed by atoms with Gasteiger partial charge in [0.25, 0.3) is 5.91 Å². The molecule has 1 heterocycles. The van der Waals surface area contributed by atoms with Crippen molar-refractivity contribution in [2.75, 3.05) is 25.5 Å². The maximum Gasteiger partial charge on any atom is 0.254 e. The predicted molar refractivity (Wildman–Crippen MR) is 74.6 cm³/mol. The number of hydrogen-bond acceptors (Lipinski definition) is 4. The maximum atomic E-state index is 12.5. The number of nitrogens with one attached hydrogen (secondary N) is 1. The second-order valence-electron chi connectivity index (χ2n) is 4.62. The Morgan fingerprint density at radius 3 is 2.84 bits per heavy atom. The second-order valence-corrected chi connectivity index (χ2v) is 5.01. The van der Waals surface area contributed by atoms with Crippen molar-refractivity contribution in [3.05, 3.63) is 22.8 Å². The van der Waals surface area contributed by atoms with Crippen LogP contribution in [0.15, 0.2) is 12.1 Å². The number of carbonyl (C=O) groups excluding carboxylic acids is 1. The van der Waals surface area contributed by atoms with Gasteiger partial charge in [-0.15, -0.1) is 0 Å². The summed E-state index contributed by atoms with van der Waals surface area (Å²) in [5, 5.41) is 12.3. The van der Waals surface area contributed by atoms with Crippen molar-refractivity contribution in [3.8, 4) is 0 Å². The number of aromatic nitrogens is 1. The highest BCUT2D eigenvalue weighted by molar-refractivity contribution is 6.29. The van der Waals surface area contributed by atoms with Gasteiger partial charge in [-0.1, -0.05) is 11.6 Å². The largest absolute Gasteiger partial charge is 0.395 e. The molecular weight excluding hydrogens is 266 g/mol. The monoisotopic (exact) mass is 283 g/mol. The molecule has 1 fully saturated rings. The number of carbonyl (C=O) groups is 1. The van der Waals surface area contributed by atoms with Crippen LogP contribution in [0.2, 0.25) is 5.15 Å². The zero-order valence-electron chi connectivity index (χ0n) is 10.9. The van der Waals surface area contributed by atoms with Gasteiger partial charge in [0.2, 0.25) is 0 Å². The number of aliphatic hydroxyl groups is 1. The molecule has 1 aliphatic rings. The van der Waals surface area contributed by atoms with Crippen molar-refractivity contribution in [2.24, 2.45) is 0 Å². The van der Waals surface area contributed by atoms with Gasteiger partial charge in [-0.2, -0.15) is 0 Å². The number of hydrogen-bond donors (Lipinski definition) is 2. The first-order chi connectivity index (χ1) is 9.15. The maximum absolute atomic E-state index is 12.5. The zero-order chi connectivity index (χ0) is 13.8. The van der Waals surface area contributed by atoms with Crippen molar-refractivity contribution < 1.29 is 9.90 Å². The van der Waals surface area contributed by atoms with E-state index in [2.05, 4.69) is 10.3 Å². The van der Waals surface area contributed by atoms with Crippen LogP contribution in [0, 0.1) is 0 Å². The molecule has 104 valence electrons. The molecule has 2 rings (SSSR count). The van der Waals surface area contributed by atoms with Gasteiger partial charge in [0.1, 0.15) is 11.0 Å². The molecule has 1 aliphatic carbocycles. The van der Waals surface area contributed by atoms with Crippen LogP contribution in [-0.4, -0.2) is 47.1 Å². The number of nitrogens with zero attached hydrogens (tertiary/aromatic N) is 2. The first kappa shape index (κ1) is 14.1. The standard InChI is InChI=1S/C13H18ClN3O2/c1-15-12-8-9(7-11(14)16-12)13(19)17(5-6-18)10-3-2-4-10/h7-8,10,18H,2-6H2,1H3,(H,15,16). The smallest absolute Gasteiger partial charge is 0.254 e. The summed E-state index contributed by atoms with van der Waals surface area (Å²) >= 11 is 5.91. The summed E-state index contributed by atoms with van der Waals surface area (Å²) in [4.78, 5) is 18.3. The Hall–Kier alpha value is -1.33. The third kappa shape index (κ3) is 3.16. The molecule has 0 atom stereocenters. The summed E-state index contributed by atoms with van der Waals surface area (Å²) in [6.07, 6.45) is 3.14. The number of pyridine rings is 1. The molecule has 0 unspecified atom stereocenters. The molecule has 5 nitrogen and oxygen atoms in total. The molecule has 0 spiro atoms. The molecule has 1 aromatic heterocycles. The summed E-state index contributed by atoms with van der Waals surface area (Å²) in [6, 6.07) is 3.48. The average molecular weight is 284 g/mol. The van der Waals surface area contributed by atoms with Crippen LogP contribution in [0.3, 0.4) is 0 Å². The molecule has 19 heavy (non-hydrogen) atoms. The van der Waals surface area contributed by atoms with Crippen LogP contribution in [0.25, 0.3) is 0 Å². The molecular formula is C13H18ClN3O2. The minimum absolute atomic E-state index is 0.0278. The Morgan fingerprint density at radius 1 is 1.58 bits per heavy atom. The number of amides is 1. The lowest BCUT2D eigenvalue weighted by Crippen LogP contribution is -2.45. The topological polar surface area (TPSA) is 65.5 Å². The molecule has 0 saturated heterocycles. The van der Waals surface area contributed by atoms with Gasteiger partial charge in [0, 0.05) is 25.2 Å². The van der Waals surface area contributed by atoms with Crippen molar-refractivity contribution >= 4 is 23.3 Å². The minimum atomic E-state index is -0.0976. The first-order valence-electron chi connectivity index (χ1n) is 6.43. The molecule has 0 bridgehead atoms. The Balaban J connectivity index is 2.22. The fraction of sp³-hybridized carbons (Fsp3) is 0.538. The summed E-state index contributed by atoms with van der Waals surface area (Å²) in [5.41, 5.74) is 0.504. The van der Waals surface area contributed by atoms with Crippen LogP contribution in [0.4, 0.5) is 5.82 Å².